The van der Waals surface area contributed by atoms with Gasteiger partial charge >= 0.3 is 0 Å². The summed E-state index contributed by atoms with van der Waals surface area (Å²) in [6, 6.07) is 19.4. The molecule has 5 nitrogen and oxygen atoms in total. The van der Waals surface area contributed by atoms with Crippen molar-refractivity contribution in [3.05, 3.63) is 88.6 Å². The number of ether oxygens (including phenoxy) is 1. The van der Waals surface area contributed by atoms with E-state index in [-0.39, 0.29) is 0 Å². The lowest BCUT2D eigenvalue weighted by Gasteiger charge is -2.14. The smallest absolute Gasteiger partial charge is 0.250 e. The monoisotopic (exact) mass is 409 g/mol. The Morgan fingerprint density at radius 3 is 2.59 bits per heavy atom. The van der Waals surface area contributed by atoms with Crippen molar-refractivity contribution >= 4 is 17.5 Å². The first-order chi connectivity index (χ1) is 14.0. The van der Waals surface area contributed by atoms with Gasteiger partial charge in [0.05, 0.1) is 5.56 Å². The molecule has 1 aromatic heterocycles. The van der Waals surface area contributed by atoms with Crippen molar-refractivity contribution in [2.24, 2.45) is 5.73 Å². The molecular formula is C23H24ClN3O2. The molecule has 2 aromatic carbocycles. The summed E-state index contributed by atoms with van der Waals surface area (Å²) in [6.07, 6.45) is 3.27. The molecule has 0 radical (unpaired) electrons. The van der Waals surface area contributed by atoms with Crippen molar-refractivity contribution < 1.29 is 9.53 Å². The molecule has 0 bridgehead atoms. The maximum absolute atomic E-state index is 11.1. The molecule has 1 atom stereocenters. The van der Waals surface area contributed by atoms with Crippen LogP contribution in [0.3, 0.4) is 0 Å². The summed E-state index contributed by atoms with van der Waals surface area (Å²) in [5.41, 5.74) is 8.01. The Bertz CT molecular complexity index is 943. The number of rotatable bonds is 9. The number of nitrogens with one attached hydrogen (secondary N) is 1. The van der Waals surface area contributed by atoms with E-state index >= 15 is 0 Å². The first kappa shape index (κ1) is 20.8. The Kier molecular flexibility index (Phi) is 7.22. The van der Waals surface area contributed by atoms with E-state index in [1.807, 2.05) is 42.5 Å². The highest BCUT2D eigenvalue weighted by atomic mass is 35.5. The Morgan fingerprint density at radius 1 is 1.14 bits per heavy atom. The average molecular weight is 410 g/mol. The average Bonchev–Trinajstić information content (AvgIpc) is 2.70. The van der Waals surface area contributed by atoms with Crippen LogP contribution in [0.15, 0.2) is 66.9 Å². The van der Waals surface area contributed by atoms with Crippen molar-refractivity contribution in [3.8, 4) is 11.6 Å². The van der Waals surface area contributed by atoms with Gasteiger partial charge in [0, 0.05) is 23.3 Å². The summed E-state index contributed by atoms with van der Waals surface area (Å²) in [4.78, 5) is 15.2. The summed E-state index contributed by atoms with van der Waals surface area (Å²) in [6.45, 7) is 3.07. The number of nitrogens with two attached hydrogens (primary N) is 1. The number of amides is 1. The van der Waals surface area contributed by atoms with E-state index in [0.717, 1.165) is 24.4 Å². The number of carbonyl (C=O) groups is 1. The van der Waals surface area contributed by atoms with Crippen LogP contribution in [0.25, 0.3) is 0 Å². The molecule has 29 heavy (non-hydrogen) atoms. The number of nitrogens with zero attached hydrogens (tertiary/aromatic N) is 1. The van der Waals surface area contributed by atoms with Gasteiger partial charge in [-0.1, -0.05) is 35.9 Å². The van der Waals surface area contributed by atoms with Crippen molar-refractivity contribution in [2.75, 3.05) is 6.54 Å². The third kappa shape index (κ3) is 6.59. The summed E-state index contributed by atoms with van der Waals surface area (Å²) in [5.74, 6) is 0.595. The van der Waals surface area contributed by atoms with E-state index in [2.05, 4.69) is 23.3 Å². The molecule has 3 aromatic rings. The molecule has 1 heterocycles. The van der Waals surface area contributed by atoms with Gasteiger partial charge in [-0.2, -0.15) is 0 Å². The minimum Gasteiger partial charge on any atom is -0.439 e. The largest absolute Gasteiger partial charge is 0.439 e. The third-order valence-electron chi connectivity index (χ3n) is 4.50. The van der Waals surface area contributed by atoms with Gasteiger partial charge in [0.25, 0.3) is 0 Å². The predicted octanol–water partition coefficient (Wildman–Crippen LogP) is 4.39. The standard InChI is InChI=1S/C23H24ClN3O2/c1-16(26-12-11-17-3-2-4-20(24)14-17)13-18-5-8-21(9-6-18)29-22-10-7-19(15-27-22)23(25)28/h2-10,14-16,26H,11-13H2,1H3,(H2,25,28). The second-order valence-corrected chi connectivity index (χ2v) is 7.37. The number of primary amides is 1. The molecule has 0 saturated carbocycles. The highest BCUT2D eigenvalue weighted by Crippen LogP contribution is 2.20. The summed E-state index contributed by atoms with van der Waals surface area (Å²) in [5, 5.41) is 4.32. The normalized spacial score (nSPS) is 11.8. The molecule has 0 fully saturated rings. The lowest BCUT2D eigenvalue weighted by molar-refractivity contribution is 0.1000. The fourth-order valence-electron chi connectivity index (χ4n) is 2.98. The van der Waals surface area contributed by atoms with Gasteiger partial charge in [-0.05, 0) is 67.8 Å². The summed E-state index contributed by atoms with van der Waals surface area (Å²) >= 11 is 6.02. The van der Waals surface area contributed by atoms with Gasteiger partial charge in [0.2, 0.25) is 11.8 Å². The predicted molar refractivity (Wildman–Crippen MR) is 116 cm³/mol. The highest BCUT2D eigenvalue weighted by Gasteiger charge is 2.06. The first-order valence-corrected chi connectivity index (χ1v) is 9.88. The SMILES string of the molecule is CC(Cc1ccc(Oc2ccc(C(N)=O)cn2)cc1)NCCc1cccc(Cl)c1. The fraction of sp³-hybridized carbons (Fsp3) is 0.217. The lowest BCUT2D eigenvalue weighted by Crippen LogP contribution is -2.29. The number of hydrogen-bond donors (Lipinski definition) is 2. The zero-order valence-corrected chi connectivity index (χ0v) is 17.0. The van der Waals surface area contributed by atoms with Crippen LogP contribution >= 0.6 is 11.6 Å². The maximum Gasteiger partial charge on any atom is 0.250 e. The molecule has 3 N–H and O–H groups in total. The van der Waals surface area contributed by atoms with E-state index in [1.54, 1.807) is 12.1 Å². The molecule has 1 unspecified atom stereocenters. The van der Waals surface area contributed by atoms with Crippen molar-refractivity contribution in [1.82, 2.24) is 10.3 Å². The maximum atomic E-state index is 11.1. The molecule has 1 amide bonds. The minimum absolute atomic E-state index is 0.351. The Morgan fingerprint density at radius 2 is 1.93 bits per heavy atom. The number of halogens is 1. The van der Waals surface area contributed by atoms with Crippen LogP contribution in [-0.2, 0) is 12.8 Å². The molecule has 0 aliphatic carbocycles. The molecule has 0 spiro atoms. The van der Waals surface area contributed by atoms with Gasteiger partial charge in [-0.15, -0.1) is 0 Å². The third-order valence-corrected chi connectivity index (χ3v) is 4.74. The van der Waals surface area contributed by atoms with E-state index in [9.17, 15) is 4.79 Å². The fourth-order valence-corrected chi connectivity index (χ4v) is 3.19. The van der Waals surface area contributed by atoms with E-state index < -0.39 is 5.91 Å². The van der Waals surface area contributed by atoms with Crippen molar-refractivity contribution in [1.29, 1.82) is 0 Å². The van der Waals surface area contributed by atoms with Crippen LogP contribution in [0.2, 0.25) is 5.02 Å². The van der Waals surface area contributed by atoms with Gasteiger partial charge in [-0.25, -0.2) is 4.98 Å². The number of aromatic nitrogens is 1. The van der Waals surface area contributed by atoms with Crippen LogP contribution in [0, 0.1) is 0 Å². The van der Waals surface area contributed by atoms with Crippen molar-refractivity contribution in [3.63, 3.8) is 0 Å². The highest BCUT2D eigenvalue weighted by molar-refractivity contribution is 6.30. The zero-order valence-electron chi connectivity index (χ0n) is 16.3. The number of benzene rings is 2. The van der Waals surface area contributed by atoms with Gasteiger partial charge in [0.15, 0.2) is 0 Å². The second kappa shape index (κ2) is 10.0. The second-order valence-electron chi connectivity index (χ2n) is 6.93. The minimum atomic E-state index is -0.510. The van der Waals surface area contributed by atoms with Gasteiger partial charge in [-0.3, -0.25) is 4.79 Å². The van der Waals surface area contributed by atoms with Gasteiger partial charge < -0.3 is 15.8 Å². The van der Waals surface area contributed by atoms with Crippen LogP contribution < -0.4 is 15.8 Å². The summed E-state index contributed by atoms with van der Waals surface area (Å²) < 4.78 is 5.71. The molecule has 0 aliphatic heterocycles. The van der Waals surface area contributed by atoms with E-state index in [4.69, 9.17) is 22.1 Å². The number of hydrogen-bond acceptors (Lipinski definition) is 4. The van der Waals surface area contributed by atoms with Crippen LogP contribution in [0.5, 0.6) is 11.6 Å². The van der Waals surface area contributed by atoms with Crippen molar-refractivity contribution in [2.45, 2.75) is 25.8 Å². The number of pyridine rings is 1. The van der Waals surface area contributed by atoms with E-state index in [0.29, 0.717) is 23.2 Å². The quantitative estimate of drug-likeness (QED) is 0.549. The van der Waals surface area contributed by atoms with E-state index in [1.165, 1.54) is 17.3 Å². The van der Waals surface area contributed by atoms with Crippen LogP contribution in [-0.4, -0.2) is 23.5 Å². The Balaban J connectivity index is 1.46. The number of carbonyl (C=O) groups excluding carboxylic acids is 1. The molecule has 150 valence electrons. The topological polar surface area (TPSA) is 77.2 Å². The molecule has 3 rings (SSSR count). The Hall–Kier alpha value is -2.89. The first-order valence-electron chi connectivity index (χ1n) is 9.50. The summed E-state index contributed by atoms with van der Waals surface area (Å²) in [7, 11) is 0. The molecule has 0 saturated heterocycles. The lowest BCUT2D eigenvalue weighted by atomic mass is 10.1. The Labute approximate surface area is 175 Å². The van der Waals surface area contributed by atoms with Crippen LogP contribution in [0.1, 0.15) is 28.4 Å². The van der Waals surface area contributed by atoms with Crippen LogP contribution in [0.4, 0.5) is 0 Å². The molecular weight excluding hydrogens is 386 g/mol. The molecule has 6 heteroatoms. The van der Waals surface area contributed by atoms with Gasteiger partial charge in [0.1, 0.15) is 5.75 Å². The zero-order chi connectivity index (χ0) is 20.6. The molecule has 0 aliphatic rings.